The first-order valence-corrected chi connectivity index (χ1v) is 16.9. The van der Waals surface area contributed by atoms with Crippen molar-refractivity contribution in [1.82, 2.24) is 4.57 Å². The van der Waals surface area contributed by atoms with Gasteiger partial charge in [-0.2, -0.15) is 5.26 Å². The number of nitrogens with zero attached hydrogens (tertiary/aromatic N) is 2. The Labute approximate surface area is 285 Å². The van der Waals surface area contributed by atoms with E-state index in [0.29, 0.717) is 5.56 Å². The molecule has 0 bridgehead atoms. The van der Waals surface area contributed by atoms with Crippen LogP contribution < -0.4 is 0 Å². The summed E-state index contributed by atoms with van der Waals surface area (Å²) < 4.78 is 3.44. The second kappa shape index (κ2) is 10.3. The maximum absolute atomic E-state index is 10.1. The van der Waals surface area contributed by atoms with Crippen LogP contribution in [0.5, 0.6) is 0 Å². The molecular formula is C45H25BrN2. The summed E-state index contributed by atoms with van der Waals surface area (Å²) in [6.45, 7) is 0. The van der Waals surface area contributed by atoms with Crippen molar-refractivity contribution in [1.29, 1.82) is 5.26 Å². The molecule has 0 aliphatic carbocycles. The number of nitriles is 1. The van der Waals surface area contributed by atoms with Gasteiger partial charge in [0.15, 0.2) is 0 Å². The minimum Gasteiger partial charge on any atom is -0.309 e. The van der Waals surface area contributed by atoms with Gasteiger partial charge in [-0.15, -0.1) is 0 Å². The Morgan fingerprint density at radius 2 is 0.896 bits per heavy atom. The first-order chi connectivity index (χ1) is 23.7. The van der Waals surface area contributed by atoms with Gasteiger partial charge in [-0.1, -0.05) is 131 Å². The Morgan fingerprint density at radius 1 is 0.417 bits per heavy atom. The van der Waals surface area contributed by atoms with E-state index in [-0.39, 0.29) is 0 Å². The van der Waals surface area contributed by atoms with Crippen molar-refractivity contribution in [2.45, 2.75) is 0 Å². The number of rotatable bonds is 3. The fraction of sp³-hybridized carbons (Fsp3) is 0. The van der Waals surface area contributed by atoms with Crippen LogP contribution in [-0.2, 0) is 0 Å². The van der Waals surface area contributed by atoms with Crippen molar-refractivity contribution in [3.8, 4) is 34.0 Å². The third-order valence-electron chi connectivity index (χ3n) is 10.1. The Hall–Kier alpha value is -5.95. The summed E-state index contributed by atoms with van der Waals surface area (Å²) in [5.74, 6) is 0. The first-order valence-electron chi connectivity index (χ1n) is 16.1. The number of hydrogen-bond acceptors (Lipinski definition) is 1. The highest BCUT2D eigenvalue weighted by atomic mass is 79.9. The molecule has 0 radical (unpaired) electrons. The fourth-order valence-corrected chi connectivity index (χ4v) is 8.59. The number of benzene rings is 9. The normalized spacial score (nSPS) is 11.8. The molecule has 9 aromatic carbocycles. The Morgan fingerprint density at radius 3 is 1.52 bits per heavy atom. The fourth-order valence-electron chi connectivity index (χ4n) is 8.12. The van der Waals surface area contributed by atoms with Crippen molar-refractivity contribution < 1.29 is 0 Å². The van der Waals surface area contributed by atoms with Gasteiger partial charge in [0.2, 0.25) is 0 Å². The molecule has 2 nitrogen and oxygen atoms in total. The van der Waals surface area contributed by atoms with Crippen LogP contribution in [0, 0.1) is 11.3 Å². The molecule has 0 aliphatic heterocycles. The van der Waals surface area contributed by atoms with Crippen molar-refractivity contribution in [3.63, 3.8) is 0 Å². The maximum Gasteiger partial charge on any atom is 0.0998 e. The molecule has 0 saturated heterocycles. The minimum atomic E-state index is 0.698. The zero-order valence-electron chi connectivity index (χ0n) is 25.7. The molecule has 3 heteroatoms. The predicted molar refractivity (Wildman–Crippen MR) is 205 cm³/mol. The van der Waals surface area contributed by atoms with E-state index in [0.717, 1.165) is 32.0 Å². The Balaban J connectivity index is 1.37. The summed E-state index contributed by atoms with van der Waals surface area (Å²) in [6, 6.07) is 56.8. The lowest BCUT2D eigenvalue weighted by Crippen LogP contribution is -1.94. The highest BCUT2D eigenvalue weighted by molar-refractivity contribution is 9.10. The van der Waals surface area contributed by atoms with Crippen LogP contribution in [0.15, 0.2) is 156 Å². The molecule has 0 N–H and O–H groups in total. The number of fused-ring (bicyclic) bond motifs is 3. The van der Waals surface area contributed by atoms with E-state index in [1.165, 1.54) is 65.3 Å². The van der Waals surface area contributed by atoms with E-state index in [4.69, 9.17) is 0 Å². The standard InChI is InChI=1S/C45H25BrN2/c46-39-23-21-36(30-12-4-5-13-31(30)39)42-32-14-6-8-16-34(32)43(35-17-9-7-15-33(35)42)37-22-25-41-45-38(37)20-19-29-27(26-47)18-24-40(44(29)45)48(41)28-10-2-1-3-11-28/h1-25H. The summed E-state index contributed by atoms with van der Waals surface area (Å²) in [6.07, 6.45) is 0. The summed E-state index contributed by atoms with van der Waals surface area (Å²) >= 11 is 3.80. The number of para-hydroxylation sites is 1. The smallest absolute Gasteiger partial charge is 0.0998 e. The van der Waals surface area contributed by atoms with Crippen LogP contribution in [0.1, 0.15) is 5.56 Å². The van der Waals surface area contributed by atoms with Gasteiger partial charge in [0.1, 0.15) is 0 Å². The lowest BCUT2D eigenvalue weighted by atomic mass is 9.83. The molecule has 1 heterocycles. The molecular weight excluding hydrogens is 648 g/mol. The van der Waals surface area contributed by atoms with E-state index >= 15 is 0 Å². The van der Waals surface area contributed by atoms with Gasteiger partial charge >= 0.3 is 0 Å². The Bertz CT molecular complexity index is 2910. The van der Waals surface area contributed by atoms with Gasteiger partial charge in [0.05, 0.1) is 22.7 Å². The monoisotopic (exact) mass is 672 g/mol. The molecule has 0 aliphatic rings. The molecule has 0 fully saturated rings. The van der Waals surface area contributed by atoms with E-state index in [1.54, 1.807) is 0 Å². The quantitative estimate of drug-likeness (QED) is 0.136. The van der Waals surface area contributed by atoms with Gasteiger partial charge in [0, 0.05) is 26.3 Å². The lowest BCUT2D eigenvalue weighted by Gasteiger charge is -2.20. The summed E-state index contributed by atoms with van der Waals surface area (Å²) in [5.41, 5.74) is 8.96. The molecule has 0 atom stereocenters. The van der Waals surface area contributed by atoms with Gasteiger partial charge < -0.3 is 4.57 Å². The molecule has 0 spiro atoms. The number of aromatic nitrogens is 1. The summed E-state index contributed by atoms with van der Waals surface area (Å²) in [4.78, 5) is 0. The summed E-state index contributed by atoms with van der Waals surface area (Å²) in [5, 5.41) is 21.9. The van der Waals surface area contributed by atoms with E-state index in [2.05, 4.69) is 172 Å². The third-order valence-corrected chi connectivity index (χ3v) is 10.8. The number of halogens is 1. The van der Waals surface area contributed by atoms with Gasteiger partial charge in [-0.25, -0.2) is 0 Å². The van der Waals surface area contributed by atoms with Crippen LogP contribution in [0.3, 0.4) is 0 Å². The van der Waals surface area contributed by atoms with Crippen molar-refractivity contribution in [3.05, 3.63) is 162 Å². The molecule has 0 saturated carbocycles. The average molecular weight is 674 g/mol. The topological polar surface area (TPSA) is 28.7 Å². The van der Waals surface area contributed by atoms with E-state index in [9.17, 15) is 5.26 Å². The minimum absolute atomic E-state index is 0.698. The molecule has 1 aromatic heterocycles. The third kappa shape index (κ3) is 3.67. The van der Waals surface area contributed by atoms with E-state index in [1.807, 2.05) is 6.07 Å². The molecule has 10 rings (SSSR count). The molecule has 222 valence electrons. The molecule has 48 heavy (non-hydrogen) atoms. The number of hydrogen-bond donors (Lipinski definition) is 0. The highest BCUT2D eigenvalue weighted by Crippen LogP contribution is 2.49. The highest BCUT2D eigenvalue weighted by Gasteiger charge is 2.23. The first kappa shape index (κ1) is 27.2. The van der Waals surface area contributed by atoms with Crippen LogP contribution in [0.25, 0.3) is 92.8 Å². The molecule has 10 aromatic rings. The second-order valence-electron chi connectivity index (χ2n) is 12.4. The van der Waals surface area contributed by atoms with Crippen molar-refractivity contribution in [2.24, 2.45) is 0 Å². The average Bonchev–Trinajstić information content (AvgIpc) is 3.49. The van der Waals surface area contributed by atoms with Crippen molar-refractivity contribution in [2.75, 3.05) is 0 Å². The zero-order chi connectivity index (χ0) is 31.9. The van der Waals surface area contributed by atoms with Crippen molar-refractivity contribution >= 4 is 80.8 Å². The maximum atomic E-state index is 10.1. The zero-order valence-corrected chi connectivity index (χ0v) is 27.3. The van der Waals surface area contributed by atoms with Crippen LogP contribution in [0.2, 0.25) is 0 Å². The Kier molecular flexibility index (Phi) is 5.82. The van der Waals surface area contributed by atoms with Gasteiger partial charge in [0.25, 0.3) is 0 Å². The largest absolute Gasteiger partial charge is 0.309 e. The lowest BCUT2D eigenvalue weighted by molar-refractivity contribution is 1.18. The van der Waals surface area contributed by atoms with E-state index < -0.39 is 0 Å². The SMILES string of the molecule is N#Cc1ccc2c3c1ccc1c(-c4c5ccccc5c(-c5ccc(Br)c6ccccc56)c5ccccc45)ccc(c13)n2-c1ccccc1. The van der Waals surface area contributed by atoms with Crippen LogP contribution in [-0.4, -0.2) is 4.57 Å². The van der Waals surface area contributed by atoms with Gasteiger partial charge in [-0.3, -0.25) is 0 Å². The second-order valence-corrected chi connectivity index (χ2v) is 13.3. The molecule has 0 amide bonds. The van der Waals surface area contributed by atoms with Crippen LogP contribution in [0.4, 0.5) is 0 Å². The van der Waals surface area contributed by atoms with Gasteiger partial charge in [-0.05, 0) is 96.4 Å². The van der Waals surface area contributed by atoms with Crippen LogP contribution >= 0.6 is 15.9 Å². The summed E-state index contributed by atoms with van der Waals surface area (Å²) in [7, 11) is 0. The predicted octanol–water partition coefficient (Wildman–Crippen LogP) is 12.8. The molecule has 0 unspecified atom stereocenters.